The number of ether oxygens (including phenoxy) is 1. The number of halogens is 3. The van der Waals surface area contributed by atoms with Gasteiger partial charge >= 0.3 is 0 Å². The van der Waals surface area contributed by atoms with Gasteiger partial charge in [-0.05, 0) is 44.6 Å². The first-order chi connectivity index (χ1) is 15.9. The zero-order chi connectivity index (χ0) is 23.1. The first-order valence-electron chi connectivity index (χ1n) is 10.8. The van der Waals surface area contributed by atoms with E-state index in [2.05, 4.69) is 14.9 Å². The lowest BCUT2D eigenvalue weighted by Gasteiger charge is -2.32. The number of rotatable bonds is 6. The van der Waals surface area contributed by atoms with Crippen LogP contribution in [0.4, 0.5) is 18.9 Å². The number of hydrogen-bond acceptors (Lipinski definition) is 6. The number of hydrogen-bond donors (Lipinski definition) is 0. The van der Waals surface area contributed by atoms with E-state index < -0.39 is 23.6 Å². The first-order valence-corrected chi connectivity index (χ1v) is 10.8. The molecule has 0 amide bonds. The van der Waals surface area contributed by atoms with Gasteiger partial charge in [0, 0.05) is 37.1 Å². The lowest BCUT2D eigenvalue weighted by Crippen LogP contribution is -2.31. The van der Waals surface area contributed by atoms with Gasteiger partial charge in [0.05, 0.1) is 22.9 Å². The van der Waals surface area contributed by atoms with Crippen molar-refractivity contribution >= 4 is 16.7 Å². The fraction of sp³-hybridized carbons (Fsp3) is 0.333. The molecule has 3 aromatic rings. The number of anilines is 1. The minimum Gasteiger partial charge on any atom is -0.475 e. The van der Waals surface area contributed by atoms with Crippen molar-refractivity contribution in [1.82, 2.24) is 19.8 Å². The van der Waals surface area contributed by atoms with Crippen molar-refractivity contribution in [3.8, 4) is 5.88 Å². The summed E-state index contributed by atoms with van der Waals surface area (Å²) in [4.78, 5) is 14.8. The van der Waals surface area contributed by atoms with Crippen molar-refractivity contribution in [2.45, 2.75) is 19.0 Å². The zero-order valence-corrected chi connectivity index (χ0v) is 18.4. The van der Waals surface area contributed by atoms with Crippen LogP contribution in [0, 0.1) is 17.5 Å². The Morgan fingerprint density at radius 3 is 2.79 bits per heavy atom. The van der Waals surface area contributed by atoms with Crippen LogP contribution in [0.3, 0.4) is 0 Å². The number of benzene rings is 2. The van der Waals surface area contributed by atoms with Crippen LogP contribution in [0.1, 0.15) is 24.6 Å². The second-order valence-corrected chi connectivity index (χ2v) is 8.53. The van der Waals surface area contributed by atoms with Gasteiger partial charge in [-0.25, -0.2) is 23.1 Å². The van der Waals surface area contributed by atoms with E-state index in [1.165, 1.54) is 0 Å². The third-order valence-corrected chi connectivity index (χ3v) is 5.93. The van der Waals surface area contributed by atoms with Crippen LogP contribution in [-0.4, -0.2) is 53.6 Å². The van der Waals surface area contributed by atoms with Gasteiger partial charge in [0.15, 0.2) is 11.6 Å². The molecule has 1 unspecified atom stereocenters. The number of nitrogens with zero attached hydrogens (tertiary/aromatic N) is 5. The smallest absolute Gasteiger partial charge is 0.232 e. The van der Waals surface area contributed by atoms with Gasteiger partial charge in [-0.2, -0.15) is 0 Å². The second-order valence-electron chi connectivity index (χ2n) is 8.53. The summed E-state index contributed by atoms with van der Waals surface area (Å²) >= 11 is 0. The van der Waals surface area contributed by atoms with E-state index in [0.29, 0.717) is 29.6 Å². The molecule has 0 aliphatic carbocycles. The minimum atomic E-state index is -1.21. The summed E-state index contributed by atoms with van der Waals surface area (Å²) in [6.45, 7) is 1.99. The van der Waals surface area contributed by atoms with Crippen molar-refractivity contribution in [2.75, 3.05) is 38.7 Å². The Labute approximate surface area is 189 Å². The van der Waals surface area contributed by atoms with Gasteiger partial charge in [-0.1, -0.05) is 6.07 Å². The topological polar surface area (TPSA) is 44.7 Å². The number of aromatic nitrogens is 2. The molecule has 0 N–H and O–H groups in total. The third-order valence-electron chi connectivity index (χ3n) is 5.93. The Bertz CT molecular complexity index is 1230. The molecule has 2 aliphatic heterocycles. The molecule has 1 atom stereocenters. The average Bonchev–Trinajstić information content (AvgIpc) is 3.37. The highest BCUT2D eigenvalue weighted by molar-refractivity contribution is 5.76. The average molecular weight is 455 g/mol. The summed E-state index contributed by atoms with van der Waals surface area (Å²) in [7, 11) is 3.92. The lowest BCUT2D eigenvalue weighted by molar-refractivity contribution is 0.254. The molecule has 5 rings (SSSR count). The molecule has 2 aliphatic rings. The van der Waals surface area contributed by atoms with Gasteiger partial charge < -0.3 is 19.4 Å². The fourth-order valence-corrected chi connectivity index (χ4v) is 4.36. The normalized spacial score (nSPS) is 17.8. The van der Waals surface area contributed by atoms with E-state index in [1.807, 2.05) is 37.2 Å². The number of allylic oxidation sites excluding steroid dienone is 1. The predicted molar refractivity (Wildman–Crippen MR) is 119 cm³/mol. The maximum atomic E-state index is 14.7. The van der Waals surface area contributed by atoms with Crippen molar-refractivity contribution < 1.29 is 17.9 Å². The molecule has 6 nitrogen and oxygen atoms in total. The highest BCUT2D eigenvalue weighted by atomic mass is 19.2. The molecule has 0 saturated carbocycles. The Balaban J connectivity index is 1.52. The summed E-state index contributed by atoms with van der Waals surface area (Å²) < 4.78 is 48.4. The molecule has 33 heavy (non-hydrogen) atoms. The van der Waals surface area contributed by atoms with Crippen LogP contribution < -0.4 is 9.64 Å². The van der Waals surface area contributed by atoms with Crippen LogP contribution in [0.2, 0.25) is 0 Å². The lowest BCUT2D eigenvalue weighted by atomic mass is 10.1. The number of fused-ring (bicyclic) bond motifs is 2. The molecule has 2 aromatic carbocycles. The fourth-order valence-electron chi connectivity index (χ4n) is 4.36. The first kappa shape index (κ1) is 21.5. The van der Waals surface area contributed by atoms with E-state index in [4.69, 9.17) is 4.74 Å². The van der Waals surface area contributed by atoms with Crippen LogP contribution in [0.25, 0.3) is 11.0 Å². The van der Waals surface area contributed by atoms with E-state index in [0.717, 1.165) is 43.3 Å². The van der Waals surface area contributed by atoms with E-state index in [9.17, 15) is 13.2 Å². The van der Waals surface area contributed by atoms with Crippen LogP contribution in [0.5, 0.6) is 5.88 Å². The van der Waals surface area contributed by atoms with Gasteiger partial charge in [0.25, 0.3) is 0 Å². The quantitative estimate of drug-likeness (QED) is 0.512. The molecule has 1 saturated heterocycles. The summed E-state index contributed by atoms with van der Waals surface area (Å²) in [5.74, 6) is -2.69. The summed E-state index contributed by atoms with van der Waals surface area (Å²) in [5, 5.41) is 0. The number of likely N-dealkylation sites (N-methyl/N-ethyl adjacent to an activating group) is 1. The molecule has 0 spiro atoms. The monoisotopic (exact) mass is 455 g/mol. The van der Waals surface area contributed by atoms with Gasteiger partial charge in [0.2, 0.25) is 5.88 Å². The molecule has 0 bridgehead atoms. The van der Waals surface area contributed by atoms with Crippen molar-refractivity contribution in [1.29, 1.82) is 0 Å². The van der Waals surface area contributed by atoms with Crippen LogP contribution in [0.15, 0.2) is 48.4 Å². The third kappa shape index (κ3) is 4.08. The van der Waals surface area contributed by atoms with Crippen LogP contribution in [-0.2, 0) is 0 Å². The Hall–Kier alpha value is -3.33. The summed E-state index contributed by atoms with van der Waals surface area (Å²) in [5.41, 5.74) is 3.02. The highest BCUT2D eigenvalue weighted by Crippen LogP contribution is 2.44. The molecule has 3 heterocycles. The predicted octanol–water partition coefficient (Wildman–Crippen LogP) is 4.44. The summed E-state index contributed by atoms with van der Waals surface area (Å²) in [6, 6.07) is 7.20. The Morgan fingerprint density at radius 1 is 1.12 bits per heavy atom. The maximum absolute atomic E-state index is 14.7. The van der Waals surface area contributed by atoms with Crippen LogP contribution >= 0.6 is 0 Å². The highest BCUT2D eigenvalue weighted by Gasteiger charge is 2.38. The molecule has 9 heteroatoms. The Kier molecular flexibility index (Phi) is 5.57. The SMILES string of the molecule is CN(C)CCOc1cnc2ccc(C3N4CCCC4=CN3c3cc(F)cc(F)c3F)cc2n1. The van der Waals surface area contributed by atoms with Crippen molar-refractivity contribution in [2.24, 2.45) is 0 Å². The second kappa shape index (κ2) is 8.55. The molecular weight excluding hydrogens is 431 g/mol. The van der Waals surface area contributed by atoms with Gasteiger partial charge in [-0.3, -0.25) is 0 Å². The molecule has 1 aromatic heterocycles. The molecule has 1 fully saturated rings. The molecule has 0 radical (unpaired) electrons. The van der Waals surface area contributed by atoms with Gasteiger partial charge in [0.1, 0.15) is 18.6 Å². The molecule has 172 valence electrons. The van der Waals surface area contributed by atoms with E-state index >= 15 is 0 Å². The zero-order valence-electron chi connectivity index (χ0n) is 18.4. The minimum absolute atomic E-state index is 0.133. The van der Waals surface area contributed by atoms with Crippen molar-refractivity contribution in [3.63, 3.8) is 0 Å². The summed E-state index contributed by atoms with van der Waals surface area (Å²) in [6.07, 6.45) is 4.72. The maximum Gasteiger partial charge on any atom is 0.232 e. The largest absolute Gasteiger partial charge is 0.475 e. The standard InChI is InChI=1S/C24H24F3N5O/c1-30(2)8-9-33-22-13-28-19-6-5-15(10-20(19)29-22)24-31-7-3-4-17(31)14-32(24)21-12-16(25)11-18(26)23(21)27/h5-6,10-14,24H,3-4,7-9H2,1-2H3. The Morgan fingerprint density at radius 2 is 1.97 bits per heavy atom. The van der Waals surface area contributed by atoms with E-state index in [-0.39, 0.29) is 5.69 Å². The van der Waals surface area contributed by atoms with Crippen molar-refractivity contribution in [3.05, 3.63) is 71.4 Å². The molecular formula is C24H24F3N5O. The van der Waals surface area contributed by atoms with Gasteiger partial charge in [-0.15, -0.1) is 0 Å². The van der Waals surface area contributed by atoms with E-state index in [1.54, 1.807) is 17.3 Å².